The molecule has 0 spiro atoms. The number of rotatable bonds is 2. The highest BCUT2D eigenvalue weighted by Gasteiger charge is 2.06. The third-order valence-electron chi connectivity index (χ3n) is 2.23. The molecular weight excluding hydrogens is 196 g/mol. The van der Waals surface area contributed by atoms with Gasteiger partial charge in [-0.05, 0) is 11.6 Å². The first kappa shape index (κ1) is 10.8. The summed E-state index contributed by atoms with van der Waals surface area (Å²) >= 11 is 0. The Morgan fingerprint density at radius 2 is 2.07 bits per heavy atom. The predicted molar refractivity (Wildman–Crippen MR) is 62.7 cm³/mol. The number of nitrogens with one attached hydrogen (secondary N) is 1. The number of aromatic nitrogens is 1. The van der Waals surface area contributed by atoms with Gasteiger partial charge in [-0.15, -0.1) is 19.0 Å². The fourth-order valence-electron chi connectivity index (χ4n) is 1.50. The summed E-state index contributed by atoms with van der Waals surface area (Å²) in [7, 11) is 0. The average molecular weight is 209 g/mol. The van der Waals surface area contributed by atoms with Crippen molar-refractivity contribution in [2.45, 2.75) is 6.04 Å². The van der Waals surface area contributed by atoms with Gasteiger partial charge in [-0.1, -0.05) is 24.3 Å². The number of hydrogen-bond acceptors (Lipinski definition) is 1. The monoisotopic (exact) mass is 208 g/mol. The van der Waals surface area contributed by atoms with Crippen LogP contribution in [0.15, 0.2) is 43.1 Å². The van der Waals surface area contributed by atoms with Gasteiger partial charge in [0.2, 0.25) is 0 Å². The lowest BCUT2D eigenvalue weighted by molar-refractivity contribution is 0.924. The van der Waals surface area contributed by atoms with E-state index < -0.39 is 0 Å². The van der Waals surface area contributed by atoms with Gasteiger partial charge in [-0.25, -0.2) is 0 Å². The van der Waals surface area contributed by atoms with Gasteiger partial charge in [0.05, 0.1) is 0 Å². The number of halogens is 1. The number of H-pyrrole nitrogens is 1. The molecule has 0 amide bonds. The van der Waals surface area contributed by atoms with E-state index in [4.69, 9.17) is 5.73 Å². The van der Waals surface area contributed by atoms with Crippen molar-refractivity contribution < 1.29 is 0 Å². The first-order chi connectivity index (χ1) is 6.33. The van der Waals surface area contributed by atoms with Gasteiger partial charge >= 0.3 is 0 Å². The fraction of sp³-hybridized carbons (Fsp3) is 0.0909. The molecule has 74 valence electrons. The summed E-state index contributed by atoms with van der Waals surface area (Å²) in [6, 6.07) is 8.02. The topological polar surface area (TPSA) is 41.8 Å². The van der Waals surface area contributed by atoms with Crippen LogP contribution in [0, 0.1) is 0 Å². The smallest absolute Gasteiger partial charge is 0.0499 e. The van der Waals surface area contributed by atoms with Gasteiger partial charge in [-0.2, -0.15) is 0 Å². The van der Waals surface area contributed by atoms with E-state index in [0.29, 0.717) is 0 Å². The van der Waals surface area contributed by atoms with E-state index in [1.165, 1.54) is 5.39 Å². The normalized spacial score (nSPS) is 12.1. The summed E-state index contributed by atoms with van der Waals surface area (Å²) in [6.45, 7) is 3.68. The predicted octanol–water partition coefficient (Wildman–Crippen LogP) is 2.78. The van der Waals surface area contributed by atoms with E-state index in [1.54, 1.807) is 6.08 Å². The summed E-state index contributed by atoms with van der Waals surface area (Å²) in [5.74, 6) is 0. The maximum atomic E-state index is 5.87. The molecule has 2 nitrogen and oxygen atoms in total. The molecule has 0 fully saturated rings. The highest BCUT2D eigenvalue weighted by atomic mass is 35.5. The molecule has 3 N–H and O–H groups in total. The third kappa shape index (κ3) is 1.67. The van der Waals surface area contributed by atoms with Gasteiger partial charge in [-0.3, -0.25) is 0 Å². The molecule has 0 aliphatic heterocycles. The van der Waals surface area contributed by atoms with Crippen LogP contribution in [0.5, 0.6) is 0 Å². The maximum absolute atomic E-state index is 5.87. The highest BCUT2D eigenvalue weighted by Crippen LogP contribution is 2.22. The molecule has 1 aromatic carbocycles. The largest absolute Gasteiger partial charge is 0.361 e. The molecule has 2 rings (SSSR count). The number of fused-ring (bicyclic) bond motifs is 1. The lowest BCUT2D eigenvalue weighted by Gasteiger charge is -2.02. The van der Waals surface area contributed by atoms with Crippen molar-refractivity contribution in [2.75, 3.05) is 0 Å². The van der Waals surface area contributed by atoms with Crippen LogP contribution in [0.1, 0.15) is 11.6 Å². The first-order valence-corrected chi connectivity index (χ1v) is 4.27. The van der Waals surface area contributed by atoms with Crippen LogP contribution in [-0.2, 0) is 0 Å². The highest BCUT2D eigenvalue weighted by molar-refractivity contribution is 5.85. The Morgan fingerprint density at radius 3 is 2.79 bits per heavy atom. The molecule has 1 heterocycles. The van der Waals surface area contributed by atoms with Crippen molar-refractivity contribution in [2.24, 2.45) is 5.73 Å². The fourth-order valence-corrected chi connectivity index (χ4v) is 1.50. The zero-order valence-electron chi connectivity index (χ0n) is 7.73. The molecule has 2 aromatic rings. The molecule has 3 heteroatoms. The van der Waals surface area contributed by atoms with Crippen LogP contribution >= 0.6 is 12.4 Å². The minimum absolute atomic E-state index is 0. The Balaban J connectivity index is 0.000000980. The van der Waals surface area contributed by atoms with Gasteiger partial charge in [0, 0.05) is 23.1 Å². The van der Waals surface area contributed by atoms with Crippen LogP contribution < -0.4 is 5.73 Å². The lowest BCUT2D eigenvalue weighted by atomic mass is 10.1. The number of aromatic amines is 1. The van der Waals surface area contributed by atoms with Crippen LogP contribution in [0.4, 0.5) is 0 Å². The second-order valence-electron chi connectivity index (χ2n) is 3.05. The van der Waals surface area contributed by atoms with Crippen LogP contribution in [0.25, 0.3) is 10.9 Å². The molecule has 0 aliphatic carbocycles. The second-order valence-corrected chi connectivity index (χ2v) is 3.05. The second kappa shape index (κ2) is 4.31. The van der Waals surface area contributed by atoms with Crippen LogP contribution in [0.3, 0.4) is 0 Å². The third-order valence-corrected chi connectivity index (χ3v) is 2.23. The van der Waals surface area contributed by atoms with Gasteiger partial charge < -0.3 is 10.7 Å². The number of para-hydroxylation sites is 1. The van der Waals surface area contributed by atoms with E-state index >= 15 is 0 Å². The maximum Gasteiger partial charge on any atom is 0.0499 e. The van der Waals surface area contributed by atoms with E-state index in [0.717, 1.165) is 11.1 Å². The minimum atomic E-state index is -0.0869. The summed E-state index contributed by atoms with van der Waals surface area (Å²) in [4.78, 5) is 3.18. The molecule has 0 bridgehead atoms. The summed E-state index contributed by atoms with van der Waals surface area (Å²) in [5, 5.41) is 1.18. The van der Waals surface area contributed by atoms with E-state index in [2.05, 4.69) is 17.6 Å². The molecule has 1 atom stereocenters. The van der Waals surface area contributed by atoms with E-state index in [9.17, 15) is 0 Å². The van der Waals surface area contributed by atoms with E-state index in [1.807, 2.05) is 24.4 Å². The number of hydrogen-bond donors (Lipinski definition) is 2. The minimum Gasteiger partial charge on any atom is -0.361 e. The van der Waals surface area contributed by atoms with Crippen LogP contribution in [0.2, 0.25) is 0 Å². The summed E-state index contributed by atoms with van der Waals surface area (Å²) in [6.07, 6.45) is 3.69. The van der Waals surface area contributed by atoms with Crippen molar-refractivity contribution in [3.63, 3.8) is 0 Å². The standard InChI is InChI=1S/C11H12N2.ClH/c1-2-10(12)9-7-13-11-6-4-3-5-8(9)11;/h2-7,10,13H,1,12H2;1H/t10-;/m0./s1. The Labute approximate surface area is 89.2 Å². The summed E-state index contributed by atoms with van der Waals surface area (Å²) in [5.41, 5.74) is 8.09. The average Bonchev–Trinajstić information content (AvgIpc) is 2.60. The van der Waals surface area contributed by atoms with Crippen molar-refractivity contribution >= 4 is 23.3 Å². The molecule has 0 aliphatic rings. The molecule has 0 saturated carbocycles. The summed E-state index contributed by atoms with van der Waals surface area (Å²) < 4.78 is 0. The molecule has 0 unspecified atom stereocenters. The van der Waals surface area contributed by atoms with Gasteiger partial charge in [0.25, 0.3) is 0 Å². The first-order valence-electron chi connectivity index (χ1n) is 4.27. The quantitative estimate of drug-likeness (QED) is 0.733. The Morgan fingerprint density at radius 1 is 1.36 bits per heavy atom. The Kier molecular flexibility index (Phi) is 3.33. The van der Waals surface area contributed by atoms with Gasteiger partial charge in [0.15, 0.2) is 0 Å². The molecule has 14 heavy (non-hydrogen) atoms. The Hall–Kier alpha value is -1.25. The van der Waals surface area contributed by atoms with Crippen LogP contribution in [-0.4, -0.2) is 4.98 Å². The van der Waals surface area contributed by atoms with Crippen molar-refractivity contribution in [1.82, 2.24) is 4.98 Å². The van der Waals surface area contributed by atoms with Crippen molar-refractivity contribution in [3.8, 4) is 0 Å². The van der Waals surface area contributed by atoms with Gasteiger partial charge in [0.1, 0.15) is 0 Å². The van der Waals surface area contributed by atoms with Crippen molar-refractivity contribution in [1.29, 1.82) is 0 Å². The Bertz CT molecular complexity index is 434. The molecule has 0 saturated heterocycles. The lowest BCUT2D eigenvalue weighted by Crippen LogP contribution is -2.05. The number of nitrogens with two attached hydrogens (primary N) is 1. The molecule has 1 aromatic heterocycles. The van der Waals surface area contributed by atoms with E-state index in [-0.39, 0.29) is 18.4 Å². The number of benzene rings is 1. The van der Waals surface area contributed by atoms with Crippen molar-refractivity contribution in [3.05, 3.63) is 48.7 Å². The SMILES string of the molecule is C=C[C@H](N)c1c[nH]c2ccccc12.Cl. The zero-order chi connectivity index (χ0) is 9.26. The molecular formula is C11H13ClN2. The molecule has 0 radical (unpaired) electrons. The zero-order valence-corrected chi connectivity index (χ0v) is 8.55.